The predicted octanol–water partition coefficient (Wildman–Crippen LogP) is 15.6. The van der Waals surface area contributed by atoms with E-state index < -0.39 is 41.1 Å². The number of aryl methyl sites for hydroxylation is 1. The Bertz CT molecular complexity index is 2360. The van der Waals surface area contributed by atoms with Crippen molar-refractivity contribution in [3.63, 3.8) is 0 Å². The van der Waals surface area contributed by atoms with Gasteiger partial charge in [0.25, 0.3) is 0 Å². The van der Waals surface area contributed by atoms with Crippen molar-refractivity contribution in [3.8, 4) is 28.7 Å². The van der Waals surface area contributed by atoms with Crippen molar-refractivity contribution in [2.24, 2.45) is 0 Å². The topological polar surface area (TPSA) is 114 Å². The third kappa shape index (κ3) is 19.3. The number of unbranched alkanes of at least 4 members (excludes halogenated alkanes) is 18. The van der Waals surface area contributed by atoms with Crippen molar-refractivity contribution >= 4 is 23.9 Å². The van der Waals surface area contributed by atoms with E-state index in [2.05, 4.69) is 13.8 Å². The van der Waals surface area contributed by atoms with Crippen LogP contribution in [0.1, 0.15) is 189 Å². The Kier molecular flexibility index (Phi) is 23.5. The van der Waals surface area contributed by atoms with Gasteiger partial charge in [0, 0.05) is 12.1 Å². The van der Waals surface area contributed by atoms with Crippen LogP contribution in [0.4, 0.5) is 8.78 Å². The largest absolute Gasteiger partial charge is 0.491 e. The van der Waals surface area contributed by atoms with Crippen LogP contribution in [0.25, 0.3) is 0 Å². The summed E-state index contributed by atoms with van der Waals surface area (Å²) < 4.78 is 57.1. The minimum absolute atomic E-state index is 0.0254. The first-order chi connectivity index (χ1) is 33.6. The van der Waals surface area contributed by atoms with E-state index in [-0.39, 0.29) is 39.9 Å². The molecule has 9 nitrogen and oxygen atoms in total. The number of carbonyl (C=O) groups excluding carboxylic acids is 4. The number of benzene rings is 5. The molecular weight excluding hydrogens is 879 g/mol. The van der Waals surface area contributed by atoms with Crippen LogP contribution in [0.15, 0.2) is 109 Å². The maximum Gasteiger partial charge on any atom is 0.346 e. The molecule has 5 aromatic carbocycles. The summed E-state index contributed by atoms with van der Waals surface area (Å²) >= 11 is 0. The molecule has 5 rings (SSSR count). The van der Waals surface area contributed by atoms with Gasteiger partial charge in [-0.05, 0) is 104 Å². The van der Waals surface area contributed by atoms with Crippen LogP contribution < -0.4 is 23.7 Å². The highest BCUT2D eigenvalue weighted by molar-refractivity contribution is 5.94. The SMILES string of the molecule is CCCCCCCCCCCCOc1ccc(C(=O)Oc2ccc(C(=O)Oc3cccc(OC(=O)c4ccc(OC(=O)c5ccc(CCCCCCCCCCCC)cc5)cc4)c3)c(F)c2)cc1F. The molecule has 0 saturated heterocycles. The average Bonchev–Trinajstić information content (AvgIpc) is 3.34. The van der Waals surface area contributed by atoms with E-state index in [1.807, 2.05) is 12.1 Å². The van der Waals surface area contributed by atoms with Gasteiger partial charge in [-0.3, -0.25) is 0 Å². The van der Waals surface area contributed by atoms with Crippen LogP contribution in [-0.2, 0) is 6.42 Å². The summed E-state index contributed by atoms with van der Waals surface area (Å²) in [5, 5.41) is 0. The lowest BCUT2D eigenvalue weighted by atomic mass is 10.0. The summed E-state index contributed by atoms with van der Waals surface area (Å²) in [5.74, 6) is -4.91. The molecule has 11 heteroatoms. The lowest BCUT2D eigenvalue weighted by Gasteiger charge is -2.10. The van der Waals surface area contributed by atoms with Gasteiger partial charge in [0.1, 0.15) is 28.8 Å². The third-order valence-corrected chi connectivity index (χ3v) is 11.8. The third-order valence-electron chi connectivity index (χ3n) is 11.8. The standard InChI is InChI=1S/C58H68F2O9/c1-3-5-7-9-11-13-15-17-19-21-24-43-27-29-44(30-28-43)55(61)66-47-34-31-45(32-35-47)56(62)67-48-25-23-26-49(41-48)69-58(64)51-37-36-50(42-52(51)59)68-57(63)46-33-38-54(53(60)40-46)65-39-22-20-18-16-14-12-10-8-6-4-2/h23,25-38,40-42H,3-22,24,39H2,1-2H3. The fraction of sp³-hybridized carbons (Fsp3) is 0.414. The first kappa shape index (κ1) is 53.6. The maximum atomic E-state index is 15.1. The van der Waals surface area contributed by atoms with Crippen LogP contribution >= 0.6 is 0 Å². The fourth-order valence-electron chi connectivity index (χ4n) is 7.79. The second-order valence-corrected chi connectivity index (χ2v) is 17.5. The van der Waals surface area contributed by atoms with Gasteiger partial charge in [0.15, 0.2) is 11.6 Å². The van der Waals surface area contributed by atoms with E-state index in [9.17, 15) is 23.6 Å². The van der Waals surface area contributed by atoms with Crippen LogP contribution in [0.2, 0.25) is 0 Å². The molecule has 0 amide bonds. The van der Waals surface area contributed by atoms with E-state index in [4.69, 9.17) is 23.7 Å². The van der Waals surface area contributed by atoms with Gasteiger partial charge < -0.3 is 23.7 Å². The molecule has 0 bridgehead atoms. The minimum Gasteiger partial charge on any atom is -0.491 e. The molecule has 5 aromatic rings. The number of carbonyl (C=O) groups is 4. The molecule has 0 aromatic heterocycles. The van der Waals surface area contributed by atoms with Crippen LogP contribution in [0.3, 0.4) is 0 Å². The minimum atomic E-state index is -1.06. The molecule has 0 radical (unpaired) electrons. The monoisotopic (exact) mass is 946 g/mol. The molecule has 0 N–H and O–H groups in total. The van der Waals surface area contributed by atoms with E-state index >= 15 is 4.39 Å². The first-order valence-corrected chi connectivity index (χ1v) is 25.0. The summed E-state index contributed by atoms with van der Waals surface area (Å²) in [4.78, 5) is 51.6. The van der Waals surface area contributed by atoms with Gasteiger partial charge in [-0.15, -0.1) is 0 Å². The molecule has 69 heavy (non-hydrogen) atoms. The van der Waals surface area contributed by atoms with Crippen molar-refractivity contribution in [2.45, 2.75) is 149 Å². The molecule has 0 aliphatic rings. The highest BCUT2D eigenvalue weighted by Crippen LogP contribution is 2.26. The van der Waals surface area contributed by atoms with Crippen LogP contribution in [0.5, 0.6) is 28.7 Å². The Morgan fingerprint density at radius 3 is 1.36 bits per heavy atom. The van der Waals surface area contributed by atoms with E-state index in [0.29, 0.717) is 12.2 Å². The van der Waals surface area contributed by atoms with Gasteiger partial charge in [0.05, 0.1) is 28.9 Å². The lowest BCUT2D eigenvalue weighted by Crippen LogP contribution is -2.13. The molecule has 0 saturated carbocycles. The van der Waals surface area contributed by atoms with Crippen molar-refractivity contribution < 1.29 is 51.6 Å². The summed E-state index contributed by atoms with van der Waals surface area (Å²) in [6, 6.07) is 25.8. The van der Waals surface area contributed by atoms with Crippen molar-refractivity contribution in [1.29, 1.82) is 0 Å². The Morgan fingerprint density at radius 2 is 0.826 bits per heavy atom. The molecule has 0 atom stereocenters. The molecule has 0 heterocycles. The van der Waals surface area contributed by atoms with E-state index in [1.54, 1.807) is 12.1 Å². The summed E-state index contributed by atoms with van der Waals surface area (Å²) in [7, 11) is 0. The van der Waals surface area contributed by atoms with Crippen LogP contribution in [-0.4, -0.2) is 30.5 Å². The zero-order chi connectivity index (χ0) is 49.1. The molecule has 0 aliphatic carbocycles. The van der Waals surface area contributed by atoms with Gasteiger partial charge in [-0.1, -0.05) is 148 Å². The smallest absolute Gasteiger partial charge is 0.346 e. The lowest BCUT2D eigenvalue weighted by molar-refractivity contribution is 0.0720. The van der Waals surface area contributed by atoms with Gasteiger partial charge in [0.2, 0.25) is 0 Å². The molecule has 0 unspecified atom stereocenters. The number of halogens is 2. The van der Waals surface area contributed by atoms with Gasteiger partial charge in [-0.2, -0.15) is 0 Å². The Balaban J connectivity index is 1.01. The van der Waals surface area contributed by atoms with E-state index in [1.165, 1.54) is 175 Å². The van der Waals surface area contributed by atoms with Crippen LogP contribution in [0, 0.1) is 11.6 Å². The summed E-state index contributed by atoms with van der Waals surface area (Å²) in [6.07, 6.45) is 25.5. The maximum absolute atomic E-state index is 15.1. The zero-order valence-corrected chi connectivity index (χ0v) is 40.4. The number of hydrogen-bond acceptors (Lipinski definition) is 9. The van der Waals surface area contributed by atoms with E-state index in [0.717, 1.165) is 50.3 Å². The first-order valence-electron chi connectivity index (χ1n) is 25.0. The highest BCUT2D eigenvalue weighted by atomic mass is 19.1. The van der Waals surface area contributed by atoms with Crippen molar-refractivity contribution in [1.82, 2.24) is 0 Å². The zero-order valence-electron chi connectivity index (χ0n) is 40.4. The molecule has 368 valence electrons. The number of ether oxygens (including phenoxy) is 5. The van der Waals surface area contributed by atoms with Gasteiger partial charge in [-0.25, -0.2) is 28.0 Å². The molecule has 0 fully saturated rings. The van der Waals surface area contributed by atoms with Crippen molar-refractivity contribution in [2.75, 3.05) is 6.61 Å². The van der Waals surface area contributed by atoms with Crippen molar-refractivity contribution in [3.05, 3.63) is 149 Å². The summed E-state index contributed by atoms with van der Waals surface area (Å²) in [5.41, 5.74) is 1.21. The Morgan fingerprint density at radius 1 is 0.391 bits per heavy atom. The number of hydrogen-bond donors (Lipinski definition) is 0. The normalized spacial score (nSPS) is 11.0. The Hall–Kier alpha value is -6.36. The molecule has 0 aliphatic heterocycles. The molecule has 0 spiro atoms. The quantitative estimate of drug-likeness (QED) is 0.0243. The molecular formula is C58H68F2O9. The fourth-order valence-corrected chi connectivity index (χ4v) is 7.79. The number of rotatable bonds is 31. The Labute approximate surface area is 406 Å². The van der Waals surface area contributed by atoms with Gasteiger partial charge >= 0.3 is 23.9 Å². The number of esters is 4. The predicted molar refractivity (Wildman–Crippen MR) is 265 cm³/mol. The second kappa shape index (κ2) is 30.2. The second-order valence-electron chi connectivity index (χ2n) is 17.5. The average molecular weight is 947 g/mol. The highest BCUT2D eigenvalue weighted by Gasteiger charge is 2.19. The summed E-state index contributed by atoms with van der Waals surface area (Å²) in [6.45, 7) is 4.81.